The molecule has 0 amide bonds. The van der Waals surface area contributed by atoms with Crippen LogP contribution in [0.2, 0.25) is 0 Å². The number of nitrogens with zero attached hydrogens (tertiary/aromatic N) is 2. The smallest absolute Gasteiger partial charge is 0.282 e. The van der Waals surface area contributed by atoms with Gasteiger partial charge < -0.3 is 4.90 Å². The van der Waals surface area contributed by atoms with Crippen molar-refractivity contribution in [3.05, 3.63) is 23.4 Å². The van der Waals surface area contributed by atoms with E-state index in [1.807, 2.05) is 0 Å². The zero-order valence-electron chi connectivity index (χ0n) is 8.20. The summed E-state index contributed by atoms with van der Waals surface area (Å²) in [5.74, 6) is -2.29. The van der Waals surface area contributed by atoms with Crippen LogP contribution in [0.15, 0.2) is 12.3 Å². The highest BCUT2D eigenvalue weighted by molar-refractivity contribution is 5.85. The number of carbonyl (C=O) groups is 1. The molecular formula is C10H10F2N2O. The molecule has 1 aliphatic heterocycles. The van der Waals surface area contributed by atoms with Gasteiger partial charge in [0.25, 0.3) is 5.92 Å². The lowest BCUT2D eigenvalue weighted by Crippen LogP contribution is -2.57. The average Bonchev–Trinajstić information content (AvgIpc) is 2.13. The van der Waals surface area contributed by atoms with Gasteiger partial charge in [-0.15, -0.1) is 0 Å². The molecule has 0 aromatic carbocycles. The van der Waals surface area contributed by atoms with Crippen LogP contribution in [0.4, 0.5) is 14.6 Å². The minimum Gasteiger partial charge on any atom is -0.344 e. The van der Waals surface area contributed by atoms with E-state index in [2.05, 4.69) is 4.98 Å². The maximum atomic E-state index is 12.7. The number of anilines is 1. The SMILES string of the molecule is Cc1ccnc(N2CC(F)(F)C2)c1C=O. The Morgan fingerprint density at radius 1 is 1.53 bits per heavy atom. The van der Waals surface area contributed by atoms with E-state index in [1.54, 1.807) is 13.0 Å². The Hall–Kier alpha value is -1.52. The van der Waals surface area contributed by atoms with E-state index in [-0.39, 0.29) is 13.1 Å². The summed E-state index contributed by atoms with van der Waals surface area (Å²) >= 11 is 0. The molecule has 3 nitrogen and oxygen atoms in total. The van der Waals surface area contributed by atoms with E-state index in [0.717, 1.165) is 5.56 Å². The molecule has 1 aliphatic rings. The topological polar surface area (TPSA) is 33.2 Å². The van der Waals surface area contributed by atoms with Gasteiger partial charge in [0.2, 0.25) is 0 Å². The van der Waals surface area contributed by atoms with Gasteiger partial charge in [0.05, 0.1) is 18.7 Å². The van der Waals surface area contributed by atoms with Crippen LogP contribution in [0.1, 0.15) is 15.9 Å². The number of halogens is 2. The molecule has 0 N–H and O–H groups in total. The van der Waals surface area contributed by atoms with Crippen LogP contribution < -0.4 is 4.90 Å². The Kier molecular flexibility index (Phi) is 2.17. The first-order valence-corrected chi connectivity index (χ1v) is 4.57. The molecular weight excluding hydrogens is 202 g/mol. The number of aryl methyl sites for hydroxylation is 1. The lowest BCUT2D eigenvalue weighted by Gasteiger charge is -2.40. The fourth-order valence-electron chi connectivity index (χ4n) is 1.61. The minimum absolute atomic E-state index is 0.357. The first-order valence-electron chi connectivity index (χ1n) is 4.57. The van der Waals surface area contributed by atoms with E-state index in [1.165, 1.54) is 11.1 Å². The molecule has 0 bridgehead atoms. The summed E-state index contributed by atoms with van der Waals surface area (Å²) in [7, 11) is 0. The molecule has 15 heavy (non-hydrogen) atoms. The van der Waals surface area contributed by atoms with E-state index >= 15 is 0 Å². The number of pyridine rings is 1. The van der Waals surface area contributed by atoms with Crippen LogP contribution in [-0.2, 0) is 0 Å². The molecule has 80 valence electrons. The third kappa shape index (κ3) is 1.69. The molecule has 2 rings (SSSR count). The first kappa shape index (κ1) is 10.0. The summed E-state index contributed by atoms with van der Waals surface area (Å²) in [5, 5.41) is 0. The third-order valence-corrected chi connectivity index (χ3v) is 2.45. The average molecular weight is 212 g/mol. The molecule has 0 spiro atoms. The highest BCUT2D eigenvalue weighted by Crippen LogP contribution is 2.32. The van der Waals surface area contributed by atoms with Crippen molar-refractivity contribution in [2.24, 2.45) is 0 Å². The molecule has 0 aliphatic carbocycles. The van der Waals surface area contributed by atoms with Crippen molar-refractivity contribution in [3.8, 4) is 0 Å². The second kappa shape index (κ2) is 3.25. The summed E-state index contributed by atoms with van der Waals surface area (Å²) in [5.41, 5.74) is 1.15. The number of hydrogen-bond acceptors (Lipinski definition) is 3. The highest BCUT2D eigenvalue weighted by Gasteiger charge is 2.45. The molecule has 0 unspecified atom stereocenters. The molecule has 2 heterocycles. The second-order valence-corrected chi connectivity index (χ2v) is 3.69. The molecule has 1 saturated heterocycles. The van der Waals surface area contributed by atoms with Gasteiger partial charge in [0.1, 0.15) is 5.82 Å². The molecule has 0 atom stereocenters. The Bertz CT molecular complexity index is 398. The van der Waals surface area contributed by atoms with E-state index in [0.29, 0.717) is 17.7 Å². The number of aromatic nitrogens is 1. The largest absolute Gasteiger partial charge is 0.344 e. The van der Waals surface area contributed by atoms with Gasteiger partial charge in [-0.05, 0) is 18.6 Å². The van der Waals surface area contributed by atoms with Crippen molar-refractivity contribution in [2.75, 3.05) is 18.0 Å². The van der Waals surface area contributed by atoms with Crippen LogP contribution in [0.5, 0.6) is 0 Å². The van der Waals surface area contributed by atoms with Gasteiger partial charge in [-0.2, -0.15) is 0 Å². The first-order chi connectivity index (χ1) is 7.03. The lowest BCUT2D eigenvalue weighted by molar-refractivity contribution is -0.0267. The van der Waals surface area contributed by atoms with Gasteiger partial charge >= 0.3 is 0 Å². The Morgan fingerprint density at radius 3 is 2.73 bits per heavy atom. The fraction of sp³-hybridized carbons (Fsp3) is 0.400. The van der Waals surface area contributed by atoms with Gasteiger partial charge in [-0.1, -0.05) is 0 Å². The maximum absolute atomic E-state index is 12.7. The Balaban J connectivity index is 2.30. The minimum atomic E-state index is -2.65. The summed E-state index contributed by atoms with van der Waals surface area (Å²) in [6.07, 6.45) is 2.18. The fourth-order valence-corrected chi connectivity index (χ4v) is 1.61. The Labute approximate surface area is 85.7 Å². The molecule has 1 aromatic heterocycles. The highest BCUT2D eigenvalue weighted by atomic mass is 19.3. The van der Waals surface area contributed by atoms with Crippen LogP contribution in [0.3, 0.4) is 0 Å². The van der Waals surface area contributed by atoms with Crippen molar-refractivity contribution in [3.63, 3.8) is 0 Å². The van der Waals surface area contributed by atoms with Gasteiger partial charge in [-0.3, -0.25) is 4.79 Å². The van der Waals surface area contributed by atoms with Gasteiger partial charge in [-0.25, -0.2) is 13.8 Å². The number of alkyl halides is 2. The number of hydrogen-bond donors (Lipinski definition) is 0. The quantitative estimate of drug-likeness (QED) is 0.699. The number of rotatable bonds is 2. The molecule has 5 heteroatoms. The van der Waals surface area contributed by atoms with E-state index in [4.69, 9.17) is 0 Å². The van der Waals surface area contributed by atoms with E-state index in [9.17, 15) is 13.6 Å². The van der Waals surface area contributed by atoms with Gasteiger partial charge in [0, 0.05) is 6.20 Å². The van der Waals surface area contributed by atoms with Gasteiger partial charge in [0.15, 0.2) is 6.29 Å². The van der Waals surface area contributed by atoms with Crippen LogP contribution in [0, 0.1) is 6.92 Å². The van der Waals surface area contributed by atoms with Crippen molar-refractivity contribution >= 4 is 12.1 Å². The Morgan fingerprint density at radius 2 is 2.20 bits per heavy atom. The zero-order valence-corrected chi connectivity index (χ0v) is 8.20. The second-order valence-electron chi connectivity index (χ2n) is 3.69. The number of carbonyl (C=O) groups excluding carboxylic acids is 1. The predicted octanol–water partition coefficient (Wildman–Crippen LogP) is 1.66. The molecule has 0 radical (unpaired) electrons. The summed E-state index contributed by atoms with van der Waals surface area (Å²) in [6, 6.07) is 1.69. The van der Waals surface area contributed by atoms with Crippen LogP contribution in [0.25, 0.3) is 0 Å². The van der Waals surface area contributed by atoms with Crippen LogP contribution >= 0.6 is 0 Å². The van der Waals surface area contributed by atoms with Crippen molar-refractivity contribution in [1.82, 2.24) is 4.98 Å². The van der Waals surface area contributed by atoms with Crippen molar-refractivity contribution < 1.29 is 13.6 Å². The lowest BCUT2D eigenvalue weighted by atomic mass is 10.1. The summed E-state index contributed by atoms with van der Waals surface area (Å²) in [4.78, 5) is 16.2. The summed E-state index contributed by atoms with van der Waals surface area (Å²) in [6.45, 7) is 1.04. The third-order valence-electron chi connectivity index (χ3n) is 2.45. The van der Waals surface area contributed by atoms with Crippen molar-refractivity contribution in [1.29, 1.82) is 0 Å². The summed E-state index contributed by atoms with van der Waals surface area (Å²) < 4.78 is 25.3. The van der Waals surface area contributed by atoms with Crippen molar-refractivity contribution in [2.45, 2.75) is 12.8 Å². The molecule has 1 fully saturated rings. The van der Waals surface area contributed by atoms with Crippen LogP contribution in [-0.4, -0.2) is 30.3 Å². The normalized spacial score (nSPS) is 18.5. The standard InChI is InChI=1S/C10H10F2N2O/c1-7-2-3-13-9(8(7)4-15)14-5-10(11,12)6-14/h2-4H,5-6H2,1H3. The monoisotopic (exact) mass is 212 g/mol. The number of aldehydes is 1. The molecule has 1 aromatic rings. The predicted molar refractivity (Wildman–Crippen MR) is 51.5 cm³/mol. The van der Waals surface area contributed by atoms with E-state index < -0.39 is 5.92 Å². The molecule has 0 saturated carbocycles. The maximum Gasteiger partial charge on any atom is 0.282 e. The zero-order chi connectivity index (χ0) is 11.1.